The summed E-state index contributed by atoms with van der Waals surface area (Å²) in [6.07, 6.45) is 1.85. The number of hydrogen-bond acceptors (Lipinski definition) is 8. The minimum atomic E-state index is -3.15. The molecular weight excluding hydrogens is 348 g/mol. The third kappa shape index (κ3) is 3.42. The lowest BCUT2D eigenvalue weighted by Crippen LogP contribution is -2.60. The molecule has 10 heteroatoms. The van der Waals surface area contributed by atoms with Crippen LogP contribution in [0.15, 0.2) is 4.52 Å². The molecule has 1 aromatic heterocycles. The number of carbonyl (C=O) groups excluding carboxylic acids is 1. The van der Waals surface area contributed by atoms with Gasteiger partial charge in [0.1, 0.15) is 6.61 Å². The monoisotopic (exact) mass is 370 g/mol. The molecule has 25 heavy (non-hydrogen) atoms. The second-order valence-electron chi connectivity index (χ2n) is 7.03. The summed E-state index contributed by atoms with van der Waals surface area (Å²) in [5.41, 5.74) is 0. The minimum Gasteiger partial charge on any atom is -0.375 e. The average molecular weight is 370 g/mol. The molecule has 3 heterocycles. The van der Waals surface area contributed by atoms with Crippen molar-refractivity contribution in [2.45, 2.75) is 38.1 Å². The third-order valence-electron chi connectivity index (χ3n) is 5.12. The van der Waals surface area contributed by atoms with Gasteiger partial charge in [-0.3, -0.25) is 9.69 Å². The first kappa shape index (κ1) is 16.9. The van der Waals surface area contributed by atoms with Crippen molar-refractivity contribution in [1.29, 1.82) is 0 Å². The van der Waals surface area contributed by atoms with Crippen LogP contribution in [-0.2, 0) is 32.5 Å². The van der Waals surface area contributed by atoms with Crippen LogP contribution in [0.4, 0.5) is 0 Å². The maximum atomic E-state index is 12.5. The van der Waals surface area contributed by atoms with Gasteiger partial charge in [-0.15, -0.1) is 0 Å². The van der Waals surface area contributed by atoms with Crippen molar-refractivity contribution in [3.63, 3.8) is 0 Å². The van der Waals surface area contributed by atoms with Crippen LogP contribution < -0.4 is 0 Å². The van der Waals surface area contributed by atoms with Gasteiger partial charge in [0.2, 0.25) is 5.91 Å². The lowest BCUT2D eigenvalue weighted by Gasteiger charge is -2.43. The Bertz CT molecular complexity index is 760. The van der Waals surface area contributed by atoms with Gasteiger partial charge in [-0.25, -0.2) is 8.42 Å². The maximum Gasteiger partial charge on any atom is 0.252 e. The lowest BCUT2D eigenvalue weighted by molar-refractivity contribution is -0.138. The lowest BCUT2D eigenvalue weighted by atomic mass is 10.0. The van der Waals surface area contributed by atoms with Crippen LogP contribution in [0.3, 0.4) is 0 Å². The van der Waals surface area contributed by atoms with E-state index in [1.54, 1.807) is 12.0 Å². The van der Waals surface area contributed by atoms with Crippen LogP contribution in [0.2, 0.25) is 0 Å². The van der Waals surface area contributed by atoms with E-state index < -0.39 is 9.84 Å². The zero-order valence-electron chi connectivity index (χ0n) is 14.1. The molecule has 138 valence electrons. The predicted octanol–water partition coefficient (Wildman–Crippen LogP) is -0.564. The molecule has 1 amide bonds. The molecule has 1 aromatic rings. The van der Waals surface area contributed by atoms with E-state index in [9.17, 15) is 13.2 Å². The molecule has 0 spiro atoms. The van der Waals surface area contributed by atoms with Crippen molar-refractivity contribution in [3.05, 3.63) is 11.7 Å². The highest BCUT2D eigenvalue weighted by Gasteiger charge is 2.50. The van der Waals surface area contributed by atoms with E-state index >= 15 is 0 Å². The SMILES string of the molecule is COCc1nc(CN2CCN(C(=O)C3CC3)[C@@H]3CS(=O)(=O)C[C@@H]32)no1. The van der Waals surface area contributed by atoms with Gasteiger partial charge >= 0.3 is 0 Å². The largest absolute Gasteiger partial charge is 0.375 e. The maximum absolute atomic E-state index is 12.5. The summed E-state index contributed by atoms with van der Waals surface area (Å²) in [5, 5.41) is 3.93. The van der Waals surface area contributed by atoms with E-state index in [4.69, 9.17) is 9.26 Å². The normalized spacial score (nSPS) is 28.9. The van der Waals surface area contributed by atoms with Crippen molar-refractivity contribution >= 4 is 15.7 Å². The van der Waals surface area contributed by atoms with Gasteiger partial charge in [-0.1, -0.05) is 5.16 Å². The summed E-state index contributed by atoms with van der Waals surface area (Å²) in [7, 11) is -1.60. The smallest absolute Gasteiger partial charge is 0.252 e. The number of aromatic nitrogens is 2. The molecule has 0 bridgehead atoms. The van der Waals surface area contributed by atoms with Gasteiger partial charge in [0.25, 0.3) is 5.89 Å². The van der Waals surface area contributed by atoms with Gasteiger partial charge in [0.15, 0.2) is 15.7 Å². The molecule has 0 aromatic carbocycles. The van der Waals surface area contributed by atoms with E-state index in [2.05, 4.69) is 15.0 Å². The number of methoxy groups -OCH3 is 1. The number of nitrogens with zero attached hydrogens (tertiary/aromatic N) is 4. The van der Waals surface area contributed by atoms with Crippen molar-refractivity contribution in [2.75, 3.05) is 31.7 Å². The van der Waals surface area contributed by atoms with Crippen molar-refractivity contribution in [1.82, 2.24) is 19.9 Å². The Labute approximate surface area is 146 Å². The van der Waals surface area contributed by atoms with Crippen LogP contribution in [0.25, 0.3) is 0 Å². The summed E-state index contributed by atoms with van der Waals surface area (Å²) < 4.78 is 34.5. The molecule has 2 saturated heterocycles. The summed E-state index contributed by atoms with van der Waals surface area (Å²) in [6, 6.07) is -0.469. The molecule has 1 saturated carbocycles. The van der Waals surface area contributed by atoms with Crippen LogP contribution in [0, 0.1) is 5.92 Å². The molecule has 3 aliphatic rings. The number of ether oxygens (including phenoxy) is 1. The Morgan fingerprint density at radius 3 is 2.76 bits per heavy atom. The van der Waals surface area contributed by atoms with E-state index in [1.807, 2.05) is 0 Å². The fourth-order valence-corrected chi connectivity index (χ4v) is 5.79. The van der Waals surface area contributed by atoms with Crippen molar-refractivity contribution in [2.24, 2.45) is 5.92 Å². The van der Waals surface area contributed by atoms with Gasteiger partial charge < -0.3 is 14.2 Å². The highest BCUT2D eigenvalue weighted by Crippen LogP contribution is 2.35. The number of rotatable bonds is 5. The van der Waals surface area contributed by atoms with Crippen LogP contribution >= 0.6 is 0 Å². The fourth-order valence-electron chi connectivity index (χ4n) is 3.78. The van der Waals surface area contributed by atoms with Gasteiger partial charge in [0.05, 0.1) is 24.1 Å². The van der Waals surface area contributed by atoms with E-state index in [1.165, 1.54) is 0 Å². The molecule has 9 nitrogen and oxygen atoms in total. The zero-order chi connectivity index (χ0) is 17.6. The van der Waals surface area contributed by atoms with Gasteiger partial charge in [-0.2, -0.15) is 4.98 Å². The van der Waals surface area contributed by atoms with E-state index in [0.29, 0.717) is 31.3 Å². The molecule has 0 N–H and O–H groups in total. The van der Waals surface area contributed by atoms with Crippen LogP contribution in [-0.4, -0.2) is 78.1 Å². The Morgan fingerprint density at radius 1 is 1.28 bits per heavy atom. The molecule has 2 atom stereocenters. The molecule has 0 radical (unpaired) electrons. The fraction of sp³-hybridized carbons (Fsp3) is 0.800. The number of hydrogen-bond donors (Lipinski definition) is 0. The standard InChI is InChI=1S/C15H22N4O5S/c1-23-7-14-16-13(17-24-14)6-18-4-5-19(15(20)10-2-3-10)12-9-25(21,22)8-11(12)18/h10-12H,2-9H2,1H3/t11-,12+/m0/s1. The average Bonchev–Trinajstić information content (AvgIpc) is 3.23. The molecule has 1 aliphatic carbocycles. The second-order valence-corrected chi connectivity index (χ2v) is 9.18. The van der Waals surface area contributed by atoms with Crippen molar-refractivity contribution < 1.29 is 22.5 Å². The summed E-state index contributed by atoms with van der Waals surface area (Å²) >= 11 is 0. The number of carbonyl (C=O) groups is 1. The summed E-state index contributed by atoms with van der Waals surface area (Å²) in [4.78, 5) is 20.6. The van der Waals surface area contributed by atoms with Crippen LogP contribution in [0.1, 0.15) is 24.6 Å². The zero-order valence-corrected chi connectivity index (χ0v) is 14.9. The van der Waals surface area contributed by atoms with Crippen molar-refractivity contribution in [3.8, 4) is 0 Å². The number of piperazine rings is 1. The summed E-state index contributed by atoms with van der Waals surface area (Å²) in [5.74, 6) is 1.26. The Morgan fingerprint density at radius 2 is 2.04 bits per heavy atom. The highest BCUT2D eigenvalue weighted by molar-refractivity contribution is 7.91. The first-order chi connectivity index (χ1) is 12.0. The van der Waals surface area contributed by atoms with E-state index in [0.717, 1.165) is 12.8 Å². The number of fused-ring (bicyclic) bond motifs is 1. The first-order valence-electron chi connectivity index (χ1n) is 8.52. The number of sulfone groups is 1. The Hall–Kier alpha value is -1.52. The molecule has 3 fully saturated rings. The Balaban J connectivity index is 1.51. The molecule has 4 rings (SSSR count). The van der Waals surface area contributed by atoms with Crippen LogP contribution in [0.5, 0.6) is 0 Å². The van der Waals surface area contributed by atoms with Gasteiger partial charge in [0, 0.05) is 32.2 Å². The topological polar surface area (TPSA) is 106 Å². The summed E-state index contributed by atoms with van der Waals surface area (Å²) in [6.45, 7) is 1.82. The first-order valence-corrected chi connectivity index (χ1v) is 10.3. The third-order valence-corrected chi connectivity index (χ3v) is 6.82. The molecule has 0 unspecified atom stereocenters. The van der Waals surface area contributed by atoms with E-state index in [-0.39, 0.29) is 42.0 Å². The second kappa shape index (κ2) is 6.33. The molecular formula is C15H22N4O5S. The molecule has 2 aliphatic heterocycles. The predicted molar refractivity (Wildman–Crippen MR) is 86.1 cm³/mol. The Kier molecular flexibility index (Phi) is 4.28. The van der Waals surface area contributed by atoms with Gasteiger partial charge in [-0.05, 0) is 12.8 Å². The quantitative estimate of drug-likeness (QED) is 0.679. The highest BCUT2D eigenvalue weighted by atomic mass is 32.2. The number of amides is 1. The minimum absolute atomic E-state index is 0.0494.